The van der Waals surface area contributed by atoms with Gasteiger partial charge in [-0.2, -0.15) is 0 Å². The maximum atomic E-state index is 10.9. The monoisotopic (exact) mass is 249 g/mol. The van der Waals surface area contributed by atoms with Gasteiger partial charge < -0.3 is 5.32 Å². The summed E-state index contributed by atoms with van der Waals surface area (Å²) in [5.41, 5.74) is 0. The fourth-order valence-corrected chi connectivity index (χ4v) is 2.64. The van der Waals surface area contributed by atoms with E-state index in [0.29, 0.717) is 24.2 Å². The summed E-state index contributed by atoms with van der Waals surface area (Å²) in [6.07, 6.45) is 2.00. The maximum absolute atomic E-state index is 10.9. The van der Waals surface area contributed by atoms with Crippen LogP contribution in [0, 0.1) is 17.8 Å². The van der Waals surface area contributed by atoms with Gasteiger partial charge in [-0.25, -0.2) is 8.42 Å². The molecule has 3 nitrogen and oxygen atoms in total. The van der Waals surface area contributed by atoms with Gasteiger partial charge in [0.25, 0.3) is 0 Å². The third-order valence-electron chi connectivity index (χ3n) is 2.96. The second-order valence-electron chi connectivity index (χ2n) is 5.34. The summed E-state index contributed by atoms with van der Waals surface area (Å²) in [7, 11) is -2.80. The third kappa shape index (κ3) is 8.11. The van der Waals surface area contributed by atoms with Crippen LogP contribution in [0.1, 0.15) is 34.1 Å². The highest BCUT2D eigenvalue weighted by atomic mass is 32.2. The lowest BCUT2D eigenvalue weighted by Crippen LogP contribution is -2.31. The van der Waals surface area contributed by atoms with E-state index in [1.54, 1.807) is 0 Å². The van der Waals surface area contributed by atoms with Crippen molar-refractivity contribution < 1.29 is 8.42 Å². The minimum Gasteiger partial charge on any atom is -0.316 e. The van der Waals surface area contributed by atoms with Crippen LogP contribution in [0.2, 0.25) is 0 Å². The Morgan fingerprint density at radius 3 is 1.94 bits per heavy atom. The van der Waals surface area contributed by atoms with Crippen molar-refractivity contribution in [2.45, 2.75) is 34.1 Å². The molecule has 1 N–H and O–H groups in total. The van der Waals surface area contributed by atoms with E-state index in [2.05, 4.69) is 33.0 Å². The van der Waals surface area contributed by atoms with E-state index in [1.165, 1.54) is 6.26 Å². The molecule has 0 heterocycles. The highest BCUT2D eigenvalue weighted by molar-refractivity contribution is 7.90. The molecule has 98 valence electrons. The van der Waals surface area contributed by atoms with Crippen LogP contribution in [-0.2, 0) is 9.84 Å². The van der Waals surface area contributed by atoms with Gasteiger partial charge in [-0.15, -0.1) is 0 Å². The Kier molecular flexibility index (Phi) is 7.24. The quantitative estimate of drug-likeness (QED) is 0.669. The molecule has 16 heavy (non-hydrogen) atoms. The second kappa shape index (κ2) is 7.28. The third-order valence-corrected chi connectivity index (χ3v) is 3.99. The first kappa shape index (κ1) is 15.9. The molecule has 0 bridgehead atoms. The van der Waals surface area contributed by atoms with Gasteiger partial charge in [0.2, 0.25) is 0 Å². The number of hydrogen-bond donors (Lipinski definition) is 1. The first-order valence-corrected chi connectivity index (χ1v) is 8.18. The average molecular weight is 249 g/mol. The zero-order valence-corrected chi connectivity index (χ0v) is 12.1. The van der Waals surface area contributed by atoms with Crippen LogP contribution in [0.25, 0.3) is 0 Å². The predicted molar refractivity (Wildman–Crippen MR) is 70.4 cm³/mol. The molecule has 0 aromatic heterocycles. The Balaban J connectivity index is 3.72. The Bertz CT molecular complexity index is 263. The van der Waals surface area contributed by atoms with Crippen molar-refractivity contribution in [1.82, 2.24) is 5.32 Å². The molecule has 4 heteroatoms. The zero-order chi connectivity index (χ0) is 12.8. The highest BCUT2D eigenvalue weighted by Gasteiger charge is 2.16. The topological polar surface area (TPSA) is 46.2 Å². The summed E-state index contributed by atoms with van der Waals surface area (Å²) in [6.45, 7) is 10.7. The first-order valence-electron chi connectivity index (χ1n) is 6.12. The van der Waals surface area contributed by atoms with E-state index >= 15 is 0 Å². The lowest BCUT2D eigenvalue weighted by atomic mass is 9.85. The molecule has 0 atom stereocenters. The van der Waals surface area contributed by atoms with Crippen molar-refractivity contribution in [2.24, 2.45) is 17.8 Å². The van der Waals surface area contributed by atoms with Crippen LogP contribution in [0.3, 0.4) is 0 Å². The Hall–Kier alpha value is -0.0900. The van der Waals surface area contributed by atoms with Crippen LogP contribution < -0.4 is 5.32 Å². The molecule has 0 fully saturated rings. The maximum Gasteiger partial charge on any atom is 0.147 e. The van der Waals surface area contributed by atoms with E-state index in [1.807, 2.05) is 0 Å². The normalized spacial score (nSPS) is 13.0. The molecule has 0 saturated carbocycles. The molecule has 0 unspecified atom stereocenters. The first-order chi connectivity index (χ1) is 7.24. The Morgan fingerprint density at radius 1 is 1.06 bits per heavy atom. The lowest BCUT2D eigenvalue weighted by Gasteiger charge is -2.25. The zero-order valence-electron chi connectivity index (χ0n) is 11.3. The largest absolute Gasteiger partial charge is 0.316 e. The number of hydrogen-bond acceptors (Lipinski definition) is 3. The molecular formula is C12H27NO2S. The van der Waals surface area contributed by atoms with Crippen LogP contribution in [0.4, 0.5) is 0 Å². The molecule has 0 aromatic rings. The molecule has 0 aromatic carbocycles. The molecule has 0 rings (SSSR count). The van der Waals surface area contributed by atoms with Gasteiger partial charge in [0.1, 0.15) is 9.84 Å². The summed E-state index contributed by atoms with van der Waals surface area (Å²) >= 11 is 0. The summed E-state index contributed by atoms with van der Waals surface area (Å²) in [5.74, 6) is 2.29. The van der Waals surface area contributed by atoms with Gasteiger partial charge in [-0.3, -0.25) is 0 Å². The average Bonchev–Trinajstić information content (AvgIpc) is 2.07. The van der Waals surface area contributed by atoms with Crippen molar-refractivity contribution in [3.8, 4) is 0 Å². The molecule has 0 aliphatic heterocycles. The summed E-state index contributed by atoms with van der Waals surface area (Å²) in [4.78, 5) is 0. The highest BCUT2D eigenvalue weighted by Crippen LogP contribution is 2.19. The molecule has 0 saturated heterocycles. The standard InChI is InChI=1S/C12H27NO2S/c1-10(2)12(11(3)4)9-13-7-6-8-16(5,14)15/h10-13H,6-9H2,1-5H3. The van der Waals surface area contributed by atoms with E-state index in [4.69, 9.17) is 0 Å². The van der Waals surface area contributed by atoms with Crippen molar-refractivity contribution >= 4 is 9.84 Å². The van der Waals surface area contributed by atoms with Crippen LogP contribution in [-0.4, -0.2) is 33.5 Å². The minimum atomic E-state index is -2.80. The van der Waals surface area contributed by atoms with E-state index in [-0.39, 0.29) is 5.75 Å². The minimum absolute atomic E-state index is 0.286. The second-order valence-corrected chi connectivity index (χ2v) is 7.60. The van der Waals surface area contributed by atoms with E-state index < -0.39 is 9.84 Å². The Labute approximate surface area is 101 Å². The van der Waals surface area contributed by atoms with Gasteiger partial charge >= 0.3 is 0 Å². The van der Waals surface area contributed by atoms with Gasteiger partial charge in [0.05, 0.1) is 5.75 Å². The van der Waals surface area contributed by atoms with Crippen molar-refractivity contribution in [1.29, 1.82) is 0 Å². The van der Waals surface area contributed by atoms with E-state index in [9.17, 15) is 8.42 Å². The van der Waals surface area contributed by atoms with Crippen molar-refractivity contribution in [3.63, 3.8) is 0 Å². The molecular weight excluding hydrogens is 222 g/mol. The van der Waals surface area contributed by atoms with Gasteiger partial charge in [-0.05, 0) is 37.3 Å². The molecule has 0 aliphatic rings. The number of rotatable bonds is 8. The SMILES string of the molecule is CC(C)C(CNCCCS(C)(=O)=O)C(C)C. The molecule has 0 amide bonds. The molecule has 0 radical (unpaired) electrons. The lowest BCUT2D eigenvalue weighted by molar-refractivity contribution is 0.276. The smallest absolute Gasteiger partial charge is 0.147 e. The fourth-order valence-electron chi connectivity index (χ4n) is 1.97. The fraction of sp³-hybridized carbons (Fsp3) is 1.00. The Morgan fingerprint density at radius 2 is 1.56 bits per heavy atom. The summed E-state index contributed by atoms with van der Waals surface area (Å²) in [5, 5.41) is 3.36. The molecule has 0 spiro atoms. The summed E-state index contributed by atoms with van der Waals surface area (Å²) < 4.78 is 21.8. The van der Waals surface area contributed by atoms with Crippen LogP contribution in [0.15, 0.2) is 0 Å². The van der Waals surface area contributed by atoms with Gasteiger partial charge in [0.15, 0.2) is 0 Å². The van der Waals surface area contributed by atoms with Gasteiger partial charge in [0, 0.05) is 6.26 Å². The van der Waals surface area contributed by atoms with Crippen molar-refractivity contribution in [2.75, 3.05) is 25.1 Å². The predicted octanol–water partition coefficient (Wildman–Crippen LogP) is 1.94. The summed E-state index contributed by atoms with van der Waals surface area (Å²) in [6, 6.07) is 0. The van der Waals surface area contributed by atoms with E-state index in [0.717, 1.165) is 13.1 Å². The molecule has 0 aliphatic carbocycles. The van der Waals surface area contributed by atoms with Crippen LogP contribution >= 0.6 is 0 Å². The van der Waals surface area contributed by atoms with Crippen LogP contribution in [0.5, 0.6) is 0 Å². The van der Waals surface area contributed by atoms with Gasteiger partial charge in [-0.1, -0.05) is 27.7 Å². The van der Waals surface area contributed by atoms with Crippen molar-refractivity contribution in [3.05, 3.63) is 0 Å². The number of nitrogens with one attached hydrogen (secondary N) is 1. The number of sulfone groups is 1.